The van der Waals surface area contributed by atoms with E-state index in [-0.39, 0.29) is 12.5 Å². The van der Waals surface area contributed by atoms with Crippen LogP contribution in [-0.2, 0) is 4.79 Å². The van der Waals surface area contributed by atoms with Gasteiger partial charge in [0.1, 0.15) is 0 Å². The fourth-order valence-corrected chi connectivity index (χ4v) is 2.55. The summed E-state index contributed by atoms with van der Waals surface area (Å²) in [6, 6.07) is 1.55. The maximum atomic E-state index is 12.3. The molecule has 2 rings (SSSR count). The van der Waals surface area contributed by atoms with Crippen LogP contribution < -0.4 is 0 Å². The minimum atomic E-state index is -0.845. The lowest BCUT2D eigenvalue weighted by Crippen LogP contribution is -2.36. The van der Waals surface area contributed by atoms with Crippen molar-refractivity contribution >= 4 is 23.5 Å². The number of aliphatic carboxylic acids is 1. The van der Waals surface area contributed by atoms with Crippen molar-refractivity contribution < 1.29 is 14.7 Å². The summed E-state index contributed by atoms with van der Waals surface area (Å²) in [6.07, 6.45) is 3.91. The van der Waals surface area contributed by atoms with E-state index in [1.54, 1.807) is 11.0 Å². The van der Waals surface area contributed by atoms with Gasteiger partial charge < -0.3 is 10.0 Å². The first kappa shape index (κ1) is 13.8. The molecule has 1 aromatic heterocycles. The van der Waals surface area contributed by atoms with Gasteiger partial charge in [-0.1, -0.05) is 18.5 Å². The number of likely N-dealkylation sites (tertiary alicyclic amines) is 1. The smallest absolute Gasteiger partial charge is 0.311 e. The van der Waals surface area contributed by atoms with Crippen LogP contribution in [0.4, 0.5) is 0 Å². The summed E-state index contributed by atoms with van der Waals surface area (Å²) < 4.78 is 0. The zero-order valence-electron chi connectivity index (χ0n) is 10.6. The summed E-state index contributed by atoms with van der Waals surface area (Å²) in [5.41, 5.74) is -0.508. The van der Waals surface area contributed by atoms with Gasteiger partial charge in [0, 0.05) is 25.5 Å². The maximum Gasteiger partial charge on any atom is 0.311 e. The lowest BCUT2D eigenvalue weighted by molar-refractivity contribution is -0.148. The maximum absolute atomic E-state index is 12.3. The van der Waals surface area contributed by atoms with E-state index >= 15 is 0 Å². The zero-order valence-corrected chi connectivity index (χ0v) is 11.4. The Kier molecular flexibility index (Phi) is 3.75. The molecule has 1 saturated heterocycles. The van der Waals surface area contributed by atoms with E-state index in [0.29, 0.717) is 30.0 Å². The second-order valence-corrected chi connectivity index (χ2v) is 5.18. The normalized spacial score (nSPS) is 22.5. The van der Waals surface area contributed by atoms with Crippen molar-refractivity contribution in [1.29, 1.82) is 0 Å². The fourth-order valence-electron chi connectivity index (χ4n) is 2.37. The summed E-state index contributed by atoms with van der Waals surface area (Å²) >= 11 is 5.96. The Morgan fingerprint density at radius 3 is 2.84 bits per heavy atom. The summed E-state index contributed by atoms with van der Waals surface area (Å²) in [5, 5.41) is 9.65. The Balaban J connectivity index is 2.20. The molecule has 19 heavy (non-hydrogen) atoms. The number of nitrogens with zero attached hydrogens (tertiary/aromatic N) is 2. The van der Waals surface area contributed by atoms with E-state index in [1.807, 2.05) is 6.92 Å². The number of carboxylic acid groups (broad SMARTS) is 1. The van der Waals surface area contributed by atoms with Crippen LogP contribution in [0, 0.1) is 5.41 Å². The van der Waals surface area contributed by atoms with Gasteiger partial charge in [-0.05, 0) is 18.9 Å². The van der Waals surface area contributed by atoms with Gasteiger partial charge in [0.15, 0.2) is 0 Å². The molecule has 6 heteroatoms. The molecule has 0 aromatic carbocycles. The average Bonchev–Trinajstić information content (AvgIpc) is 2.84. The molecule has 0 bridgehead atoms. The molecular formula is C13H15ClN2O3. The number of amides is 1. The van der Waals surface area contributed by atoms with Gasteiger partial charge in [-0.2, -0.15) is 0 Å². The third kappa shape index (κ3) is 2.42. The van der Waals surface area contributed by atoms with Crippen molar-refractivity contribution in [2.24, 2.45) is 5.41 Å². The third-order valence-electron chi connectivity index (χ3n) is 3.77. The predicted molar refractivity (Wildman–Crippen MR) is 70.1 cm³/mol. The molecule has 1 atom stereocenters. The number of carbonyl (C=O) groups is 2. The molecule has 0 aliphatic carbocycles. The molecule has 1 fully saturated rings. The lowest BCUT2D eigenvalue weighted by atomic mass is 9.84. The van der Waals surface area contributed by atoms with Crippen molar-refractivity contribution in [2.45, 2.75) is 19.8 Å². The first-order valence-electron chi connectivity index (χ1n) is 6.12. The van der Waals surface area contributed by atoms with Crippen LogP contribution in [-0.4, -0.2) is 40.0 Å². The number of carbonyl (C=O) groups excluding carboxylic acids is 1. The number of hydrogen-bond acceptors (Lipinski definition) is 3. The van der Waals surface area contributed by atoms with Crippen LogP contribution in [0.2, 0.25) is 5.02 Å². The minimum Gasteiger partial charge on any atom is -0.481 e. The SMILES string of the molecule is CCC1(C(=O)O)CCN(C(=O)c2cnccc2Cl)C1. The van der Waals surface area contributed by atoms with Gasteiger partial charge in [0.2, 0.25) is 0 Å². The molecule has 102 valence electrons. The molecule has 1 aromatic rings. The van der Waals surface area contributed by atoms with Crippen LogP contribution in [0.15, 0.2) is 18.5 Å². The highest BCUT2D eigenvalue weighted by Gasteiger charge is 2.45. The number of aromatic nitrogens is 1. The second kappa shape index (κ2) is 5.17. The van der Waals surface area contributed by atoms with Crippen LogP contribution in [0.1, 0.15) is 30.1 Å². The zero-order chi connectivity index (χ0) is 14.0. The van der Waals surface area contributed by atoms with Crippen molar-refractivity contribution in [1.82, 2.24) is 9.88 Å². The summed E-state index contributed by atoms with van der Waals surface area (Å²) in [7, 11) is 0. The highest BCUT2D eigenvalue weighted by Crippen LogP contribution is 2.35. The Hall–Kier alpha value is -1.62. The van der Waals surface area contributed by atoms with Crippen molar-refractivity contribution in [3.05, 3.63) is 29.0 Å². The quantitative estimate of drug-likeness (QED) is 0.921. The number of hydrogen-bond donors (Lipinski definition) is 1. The van der Waals surface area contributed by atoms with E-state index < -0.39 is 11.4 Å². The molecule has 1 aliphatic rings. The second-order valence-electron chi connectivity index (χ2n) is 4.77. The molecule has 5 nitrogen and oxygen atoms in total. The van der Waals surface area contributed by atoms with Crippen LogP contribution in [0.25, 0.3) is 0 Å². The molecule has 0 saturated carbocycles. The lowest BCUT2D eigenvalue weighted by Gasteiger charge is -2.23. The number of halogens is 1. The first-order valence-corrected chi connectivity index (χ1v) is 6.50. The fraction of sp³-hybridized carbons (Fsp3) is 0.462. The summed E-state index contributed by atoms with van der Waals surface area (Å²) in [5.74, 6) is -1.10. The van der Waals surface area contributed by atoms with E-state index in [1.165, 1.54) is 12.4 Å². The molecule has 1 N–H and O–H groups in total. The van der Waals surface area contributed by atoms with E-state index in [9.17, 15) is 14.7 Å². The molecule has 1 aliphatic heterocycles. The molecule has 1 amide bonds. The largest absolute Gasteiger partial charge is 0.481 e. The number of pyridine rings is 1. The van der Waals surface area contributed by atoms with Crippen molar-refractivity contribution in [2.75, 3.05) is 13.1 Å². The standard InChI is InChI=1S/C13H15ClN2O3/c1-2-13(12(18)19)4-6-16(8-13)11(17)9-7-15-5-3-10(9)14/h3,5,7H,2,4,6,8H2,1H3,(H,18,19). The topological polar surface area (TPSA) is 70.5 Å². The van der Waals surface area contributed by atoms with Gasteiger partial charge >= 0.3 is 5.97 Å². The third-order valence-corrected chi connectivity index (χ3v) is 4.10. The molecule has 2 heterocycles. The monoisotopic (exact) mass is 282 g/mol. The van der Waals surface area contributed by atoms with Crippen LogP contribution in [0.3, 0.4) is 0 Å². The Morgan fingerprint density at radius 1 is 1.58 bits per heavy atom. The van der Waals surface area contributed by atoms with Crippen LogP contribution >= 0.6 is 11.6 Å². The average molecular weight is 283 g/mol. The molecule has 1 unspecified atom stereocenters. The number of carboxylic acids is 1. The van der Waals surface area contributed by atoms with Gasteiger partial charge in [0.25, 0.3) is 5.91 Å². The Bertz CT molecular complexity index is 520. The van der Waals surface area contributed by atoms with E-state index in [4.69, 9.17) is 11.6 Å². The Morgan fingerprint density at radius 2 is 2.32 bits per heavy atom. The van der Waals surface area contributed by atoms with Gasteiger partial charge in [-0.3, -0.25) is 14.6 Å². The van der Waals surface area contributed by atoms with Gasteiger partial charge in [-0.15, -0.1) is 0 Å². The van der Waals surface area contributed by atoms with Crippen molar-refractivity contribution in [3.63, 3.8) is 0 Å². The first-order chi connectivity index (χ1) is 9.00. The van der Waals surface area contributed by atoms with Gasteiger partial charge in [-0.25, -0.2) is 0 Å². The van der Waals surface area contributed by atoms with E-state index in [0.717, 1.165) is 0 Å². The molecular weight excluding hydrogens is 268 g/mol. The van der Waals surface area contributed by atoms with Gasteiger partial charge in [0.05, 0.1) is 16.0 Å². The summed E-state index contributed by atoms with van der Waals surface area (Å²) in [4.78, 5) is 29.1. The minimum absolute atomic E-state index is 0.225. The highest BCUT2D eigenvalue weighted by molar-refractivity contribution is 6.33. The van der Waals surface area contributed by atoms with E-state index in [2.05, 4.69) is 4.98 Å². The molecule has 0 radical (unpaired) electrons. The van der Waals surface area contributed by atoms with Crippen LogP contribution in [0.5, 0.6) is 0 Å². The number of rotatable bonds is 3. The highest BCUT2D eigenvalue weighted by atomic mass is 35.5. The predicted octanol–water partition coefficient (Wildman–Crippen LogP) is 2.06. The Labute approximate surface area is 116 Å². The van der Waals surface area contributed by atoms with Crippen molar-refractivity contribution in [3.8, 4) is 0 Å². The molecule has 0 spiro atoms. The summed E-state index contributed by atoms with van der Waals surface area (Å²) in [6.45, 7) is 2.49.